The average Bonchev–Trinajstić information content (AvgIpc) is 3.45. The molecular formula is C25H31N3O3. The summed E-state index contributed by atoms with van der Waals surface area (Å²) in [4.78, 5) is 20.2. The monoisotopic (exact) mass is 421 g/mol. The molecule has 1 aromatic heterocycles. The molecule has 0 bridgehead atoms. The molecule has 1 saturated heterocycles. The SMILES string of the molecule is COc1ccc2c(c1)C1(CCC(N3CCC4(CC(c5nc(C)co5)C4)C3)CC1)C(=O)N2. The summed E-state index contributed by atoms with van der Waals surface area (Å²) in [6.45, 7) is 4.37. The van der Waals surface area contributed by atoms with Gasteiger partial charge in [-0.3, -0.25) is 9.69 Å². The van der Waals surface area contributed by atoms with Crippen LogP contribution in [0.3, 0.4) is 0 Å². The standard InChI is InChI=1S/C25H31N3O3/c1-16-14-31-22(26-16)17-12-24(13-17)9-10-28(15-24)18-5-7-25(8-6-18)20-11-19(30-2)3-4-21(20)27-23(25)29/h3-4,11,14,17-18H,5-10,12-13,15H2,1-2H3,(H,27,29). The van der Waals surface area contributed by atoms with Crippen molar-refractivity contribution in [3.63, 3.8) is 0 Å². The minimum Gasteiger partial charge on any atom is -0.497 e. The van der Waals surface area contributed by atoms with Crippen molar-refractivity contribution in [1.29, 1.82) is 0 Å². The quantitative estimate of drug-likeness (QED) is 0.796. The van der Waals surface area contributed by atoms with Crippen molar-refractivity contribution in [3.8, 4) is 5.75 Å². The van der Waals surface area contributed by atoms with Crippen LogP contribution in [0.15, 0.2) is 28.9 Å². The second-order valence-corrected chi connectivity index (χ2v) is 10.3. The van der Waals surface area contributed by atoms with Gasteiger partial charge in [-0.25, -0.2) is 4.98 Å². The van der Waals surface area contributed by atoms with Crippen molar-refractivity contribution in [1.82, 2.24) is 9.88 Å². The molecule has 6 heteroatoms. The number of benzene rings is 1. The van der Waals surface area contributed by atoms with Gasteiger partial charge in [-0.05, 0) is 87.6 Å². The summed E-state index contributed by atoms with van der Waals surface area (Å²) in [6.07, 6.45) is 9.48. The first-order valence-corrected chi connectivity index (χ1v) is 11.7. The van der Waals surface area contributed by atoms with Gasteiger partial charge in [-0.15, -0.1) is 0 Å². The molecular weight excluding hydrogens is 390 g/mol. The van der Waals surface area contributed by atoms with Crippen LogP contribution in [0.5, 0.6) is 5.75 Å². The number of hydrogen-bond acceptors (Lipinski definition) is 5. The van der Waals surface area contributed by atoms with Gasteiger partial charge in [-0.1, -0.05) is 0 Å². The van der Waals surface area contributed by atoms with E-state index in [0.29, 0.717) is 17.4 Å². The zero-order chi connectivity index (χ0) is 21.2. The first-order chi connectivity index (χ1) is 15.0. The molecule has 2 aromatic rings. The Balaban J connectivity index is 1.11. The molecule has 0 atom stereocenters. The van der Waals surface area contributed by atoms with E-state index in [4.69, 9.17) is 9.15 Å². The third-order valence-electron chi connectivity index (χ3n) is 8.56. The van der Waals surface area contributed by atoms with Gasteiger partial charge >= 0.3 is 0 Å². The maximum atomic E-state index is 13.0. The van der Waals surface area contributed by atoms with Crippen LogP contribution in [-0.4, -0.2) is 42.0 Å². The van der Waals surface area contributed by atoms with Crippen LogP contribution in [0.2, 0.25) is 0 Å². The van der Waals surface area contributed by atoms with Gasteiger partial charge in [0.25, 0.3) is 0 Å². The Morgan fingerprint density at radius 1 is 1.23 bits per heavy atom. The molecule has 0 radical (unpaired) electrons. The first kappa shape index (κ1) is 19.4. The van der Waals surface area contributed by atoms with Crippen molar-refractivity contribution in [3.05, 3.63) is 41.6 Å². The first-order valence-electron chi connectivity index (χ1n) is 11.7. The number of hydrogen-bond donors (Lipinski definition) is 1. The number of carbonyl (C=O) groups is 1. The number of aromatic nitrogens is 1. The lowest BCUT2D eigenvalue weighted by Crippen LogP contribution is -2.46. The second-order valence-electron chi connectivity index (χ2n) is 10.3. The fraction of sp³-hybridized carbons (Fsp3) is 0.600. The number of nitrogens with one attached hydrogen (secondary N) is 1. The average molecular weight is 422 g/mol. The Morgan fingerprint density at radius 2 is 2.03 bits per heavy atom. The minimum atomic E-state index is -0.373. The molecule has 2 aliphatic heterocycles. The number of ether oxygens (including phenoxy) is 1. The molecule has 1 aromatic carbocycles. The minimum absolute atomic E-state index is 0.176. The van der Waals surface area contributed by atoms with E-state index in [9.17, 15) is 4.79 Å². The van der Waals surface area contributed by atoms with Gasteiger partial charge in [-0.2, -0.15) is 0 Å². The molecule has 3 fully saturated rings. The van der Waals surface area contributed by atoms with E-state index >= 15 is 0 Å². The third kappa shape index (κ3) is 2.94. The van der Waals surface area contributed by atoms with Crippen LogP contribution >= 0.6 is 0 Å². The molecule has 0 unspecified atom stereocenters. The second kappa shape index (κ2) is 6.83. The van der Waals surface area contributed by atoms with E-state index in [1.54, 1.807) is 13.4 Å². The van der Waals surface area contributed by atoms with Crippen LogP contribution in [0, 0.1) is 12.3 Å². The highest BCUT2D eigenvalue weighted by Crippen LogP contribution is 2.57. The number of fused-ring (bicyclic) bond motifs is 2. The smallest absolute Gasteiger partial charge is 0.235 e. The molecule has 2 saturated carbocycles. The molecule has 2 spiro atoms. The highest BCUT2D eigenvalue weighted by atomic mass is 16.5. The van der Waals surface area contributed by atoms with Gasteiger partial charge in [0.15, 0.2) is 5.89 Å². The lowest BCUT2D eigenvalue weighted by atomic mass is 9.61. The van der Waals surface area contributed by atoms with E-state index in [2.05, 4.69) is 21.3 Å². The molecule has 1 N–H and O–H groups in total. The van der Waals surface area contributed by atoms with Crippen molar-refractivity contribution >= 4 is 11.6 Å². The fourth-order valence-corrected chi connectivity index (χ4v) is 6.81. The molecule has 6 rings (SSSR count). The molecule has 31 heavy (non-hydrogen) atoms. The van der Waals surface area contributed by atoms with Gasteiger partial charge in [0.1, 0.15) is 12.0 Å². The summed E-state index contributed by atoms with van der Waals surface area (Å²) in [5, 5.41) is 3.12. The predicted octanol–water partition coefficient (Wildman–Crippen LogP) is 4.39. The normalized spacial score (nSPS) is 34.7. The zero-order valence-electron chi connectivity index (χ0n) is 18.4. The molecule has 4 aliphatic rings. The van der Waals surface area contributed by atoms with Gasteiger partial charge < -0.3 is 14.5 Å². The predicted molar refractivity (Wildman–Crippen MR) is 117 cm³/mol. The number of carbonyl (C=O) groups excluding carboxylic acids is 1. The molecule has 6 nitrogen and oxygen atoms in total. The van der Waals surface area contributed by atoms with E-state index in [1.807, 2.05) is 19.1 Å². The highest BCUT2D eigenvalue weighted by Gasteiger charge is 2.53. The van der Waals surface area contributed by atoms with Crippen molar-refractivity contribution in [2.24, 2.45) is 5.41 Å². The van der Waals surface area contributed by atoms with Crippen LogP contribution in [-0.2, 0) is 10.2 Å². The summed E-state index contributed by atoms with van der Waals surface area (Å²) >= 11 is 0. The van der Waals surface area contributed by atoms with Gasteiger partial charge in [0, 0.05) is 24.2 Å². The van der Waals surface area contributed by atoms with E-state index in [1.165, 1.54) is 32.4 Å². The van der Waals surface area contributed by atoms with Crippen LogP contribution < -0.4 is 10.1 Å². The summed E-state index contributed by atoms with van der Waals surface area (Å²) in [7, 11) is 1.69. The topological polar surface area (TPSA) is 67.6 Å². The number of anilines is 1. The highest BCUT2D eigenvalue weighted by molar-refractivity contribution is 6.06. The van der Waals surface area contributed by atoms with Crippen LogP contribution in [0.4, 0.5) is 5.69 Å². The molecule has 2 aliphatic carbocycles. The summed E-state index contributed by atoms with van der Waals surface area (Å²) < 4.78 is 11.1. The van der Waals surface area contributed by atoms with Crippen molar-refractivity contribution < 1.29 is 13.9 Å². The molecule has 164 valence electrons. The number of aryl methyl sites for hydroxylation is 1. The third-order valence-corrected chi connectivity index (χ3v) is 8.56. The summed E-state index contributed by atoms with van der Waals surface area (Å²) in [5.74, 6) is 2.44. The zero-order valence-corrected chi connectivity index (χ0v) is 18.4. The maximum absolute atomic E-state index is 13.0. The lowest BCUT2D eigenvalue weighted by molar-refractivity contribution is -0.122. The summed E-state index contributed by atoms with van der Waals surface area (Å²) in [6, 6.07) is 6.57. The Morgan fingerprint density at radius 3 is 2.74 bits per heavy atom. The number of rotatable bonds is 3. The Bertz CT molecular complexity index is 1010. The number of likely N-dealkylation sites (tertiary alicyclic amines) is 1. The number of methoxy groups -OCH3 is 1. The maximum Gasteiger partial charge on any atom is 0.235 e. The number of oxazole rings is 1. The number of amides is 1. The van der Waals surface area contributed by atoms with E-state index in [-0.39, 0.29) is 11.3 Å². The van der Waals surface area contributed by atoms with Crippen molar-refractivity contribution in [2.45, 2.75) is 69.2 Å². The number of nitrogens with zero attached hydrogens (tertiary/aromatic N) is 2. The van der Waals surface area contributed by atoms with E-state index < -0.39 is 0 Å². The van der Waals surface area contributed by atoms with Gasteiger partial charge in [0.05, 0.1) is 18.2 Å². The Kier molecular flexibility index (Phi) is 4.26. The molecule has 1 amide bonds. The Hall–Kier alpha value is -2.34. The summed E-state index contributed by atoms with van der Waals surface area (Å²) in [5.41, 5.74) is 3.16. The Labute approximate surface area is 183 Å². The lowest BCUT2D eigenvalue weighted by Gasteiger charge is -2.45. The van der Waals surface area contributed by atoms with Crippen LogP contribution in [0.25, 0.3) is 0 Å². The van der Waals surface area contributed by atoms with E-state index in [0.717, 1.165) is 54.3 Å². The molecule has 3 heterocycles. The van der Waals surface area contributed by atoms with Crippen molar-refractivity contribution in [2.75, 3.05) is 25.5 Å². The largest absolute Gasteiger partial charge is 0.497 e. The fourth-order valence-electron chi connectivity index (χ4n) is 6.81. The van der Waals surface area contributed by atoms with Crippen LogP contribution in [0.1, 0.15) is 68.0 Å². The van der Waals surface area contributed by atoms with Gasteiger partial charge in [0.2, 0.25) is 5.91 Å².